The first kappa shape index (κ1) is 13.6. The number of rotatable bonds is 2. The number of nitrogens with zero attached hydrogens (tertiary/aromatic N) is 1. The first-order valence-electron chi connectivity index (χ1n) is 5.28. The summed E-state index contributed by atoms with van der Waals surface area (Å²) >= 11 is 1.60. The molecule has 1 aromatic heterocycles. The lowest BCUT2D eigenvalue weighted by Crippen LogP contribution is -2.33. The van der Waals surface area contributed by atoms with E-state index in [9.17, 15) is 8.42 Å². The van der Waals surface area contributed by atoms with Crippen LogP contribution < -0.4 is 5.32 Å². The molecule has 16 heavy (non-hydrogen) atoms. The summed E-state index contributed by atoms with van der Waals surface area (Å²) < 4.78 is 21.7. The van der Waals surface area contributed by atoms with Crippen LogP contribution in [0.5, 0.6) is 0 Å². The van der Waals surface area contributed by atoms with E-state index >= 15 is 0 Å². The summed E-state index contributed by atoms with van der Waals surface area (Å²) in [7, 11) is -2.76. The molecule has 0 radical (unpaired) electrons. The molecular weight excluding hydrogens is 244 g/mol. The van der Waals surface area contributed by atoms with Crippen LogP contribution in [0.25, 0.3) is 0 Å². The van der Waals surface area contributed by atoms with E-state index < -0.39 is 9.84 Å². The monoisotopic (exact) mass is 262 g/mol. The number of hydrogen-bond acceptors (Lipinski definition) is 5. The molecule has 6 heteroatoms. The van der Waals surface area contributed by atoms with Gasteiger partial charge >= 0.3 is 0 Å². The Labute approximate surface area is 101 Å². The van der Waals surface area contributed by atoms with Crippen LogP contribution in [-0.4, -0.2) is 38.5 Å². The number of nitrogens with one attached hydrogen (secondary N) is 1. The molecule has 0 amide bonds. The lowest BCUT2D eigenvalue weighted by molar-refractivity contribution is 0.404. The molecule has 0 bridgehead atoms. The van der Waals surface area contributed by atoms with Crippen LogP contribution >= 0.6 is 11.3 Å². The Morgan fingerprint density at radius 1 is 1.56 bits per heavy atom. The zero-order valence-corrected chi connectivity index (χ0v) is 11.1. The molecule has 0 aromatic carbocycles. The van der Waals surface area contributed by atoms with Gasteiger partial charge in [-0.3, -0.25) is 4.98 Å². The Hall–Kier alpha value is -0.460. The van der Waals surface area contributed by atoms with Crippen molar-refractivity contribution in [2.24, 2.45) is 5.92 Å². The summed E-state index contributed by atoms with van der Waals surface area (Å²) in [5, 5.41) is 5.12. The van der Waals surface area contributed by atoms with E-state index in [1.807, 2.05) is 5.38 Å². The van der Waals surface area contributed by atoms with E-state index in [0.29, 0.717) is 11.7 Å². The topological polar surface area (TPSA) is 59.1 Å². The van der Waals surface area contributed by atoms with Crippen molar-refractivity contribution < 1.29 is 8.42 Å². The molecule has 4 nitrogen and oxygen atoms in total. The smallest absolute Gasteiger partial charge is 0.147 e. The Bertz CT molecular complexity index is 339. The van der Waals surface area contributed by atoms with Crippen LogP contribution in [0.3, 0.4) is 0 Å². The highest BCUT2D eigenvalue weighted by molar-refractivity contribution is 7.90. The second-order valence-corrected chi connectivity index (χ2v) is 6.92. The lowest BCUT2D eigenvalue weighted by atomic mass is 10.0. The molecule has 0 spiro atoms. The fourth-order valence-corrected chi connectivity index (χ4v) is 3.16. The minimum absolute atomic E-state index is 0.346. The number of hydrogen-bond donors (Lipinski definition) is 1. The second-order valence-electron chi connectivity index (χ2n) is 3.98. The summed E-state index contributed by atoms with van der Waals surface area (Å²) in [6, 6.07) is 0. The standard InChI is InChI=1S/C7H15NO2S.C3H3NS/c1-11(9,10)6-7-3-2-4-8-5-7;1-2-5-3-4-1/h7-8H,2-6H2,1H3;1-3H. The van der Waals surface area contributed by atoms with E-state index in [2.05, 4.69) is 10.3 Å². The third-order valence-corrected chi connectivity index (χ3v) is 3.88. The van der Waals surface area contributed by atoms with Crippen molar-refractivity contribution in [2.45, 2.75) is 12.8 Å². The second kappa shape index (κ2) is 6.98. The third kappa shape index (κ3) is 6.92. The van der Waals surface area contributed by atoms with Crippen molar-refractivity contribution in [3.63, 3.8) is 0 Å². The normalized spacial score (nSPS) is 20.9. The van der Waals surface area contributed by atoms with Crippen LogP contribution in [0.4, 0.5) is 0 Å². The van der Waals surface area contributed by atoms with E-state index in [1.54, 1.807) is 23.0 Å². The molecule has 1 atom stereocenters. The Kier molecular flexibility index (Phi) is 5.94. The highest BCUT2D eigenvalue weighted by Gasteiger charge is 2.17. The average molecular weight is 262 g/mol. The molecular formula is C10H18N2O2S2. The molecule has 0 aliphatic carbocycles. The van der Waals surface area contributed by atoms with Crippen LogP contribution in [0.2, 0.25) is 0 Å². The third-order valence-electron chi connectivity index (χ3n) is 2.28. The van der Waals surface area contributed by atoms with Crippen molar-refractivity contribution in [2.75, 3.05) is 25.1 Å². The van der Waals surface area contributed by atoms with E-state index in [-0.39, 0.29) is 0 Å². The van der Waals surface area contributed by atoms with Gasteiger partial charge in [-0.15, -0.1) is 11.3 Å². The maximum absolute atomic E-state index is 10.9. The van der Waals surface area contributed by atoms with Gasteiger partial charge in [-0.1, -0.05) is 0 Å². The van der Waals surface area contributed by atoms with Crippen LogP contribution in [0, 0.1) is 5.92 Å². The molecule has 1 fully saturated rings. The maximum atomic E-state index is 10.9. The molecule has 1 N–H and O–H groups in total. The van der Waals surface area contributed by atoms with Crippen LogP contribution in [-0.2, 0) is 9.84 Å². The van der Waals surface area contributed by atoms with Gasteiger partial charge in [-0.05, 0) is 31.8 Å². The van der Waals surface area contributed by atoms with Gasteiger partial charge in [0.25, 0.3) is 0 Å². The average Bonchev–Trinajstić information content (AvgIpc) is 2.74. The summed E-state index contributed by atoms with van der Waals surface area (Å²) in [5.41, 5.74) is 1.79. The summed E-state index contributed by atoms with van der Waals surface area (Å²) in [6.07, 6.45) is 5.24. The van der Waals surface area contributed by atoms with Gasteiger partial charge in [0.2, 0.25) is 0 Å². The van der Waals surface area contributed by atoms with Crippen molar-refractivity contribution >= 4 is 21.2 Å². The SMILES string of the molecule is CS(=O)(=O)CC1CCCNC1.c1cscn1. The van der Waals surface area contributed by atoms with Gasteiger partial charge in [0.05, 0.1) is 11.3 Å². The predicted molar refractivity (Wildman–Crippen MR) is 67.4 cm³/mol. The van der Waals surface area contributed by atoms with Crippen LogP contribution in [0.15, 0.2) is 17.1 Å². The van der Waals surface area contributed by atoms with Gasteiger partial charge in [0.15, 0.2) is 0 Å². The Morgan fingerprint density at radius 2 is 2.38 bits per heavy atom. The number of piperidine rings is 1. The minimum Gasteiger partial charge on any atom is -0.316 e. The number of aromatic nitrogens is 1. The highest BCUT2D eigenvalue weighted by atomic mass is 32.2. The first-order valence-corrected chi connectivity index (χ1v) is 8.29. The molecule has 1 aliphatic rings. The van der Waals surface area contributed by atoms with E-state index in [0.717, 1.165) is 25.9 Å². The Morgan fingerprint density at radius 3 is 2.75 bits per heavy atom. The first-order chi connectivity index (χ1) is 7.58. The summed E-state index contributed by atoms with van der Waals surface area (Å²) in [4.78, 5) is 3.74. The molecule has 1 saturated heterocycles. The molecule has 1 aliphatic heterocycles. The van der Waals surface area contributed by atoms with Gasteiger partial charge in [0.1, 0.15) is 9.84 Å². The molecule has 92 valence electrons. The highest BCUT2D eigenvalue weighted by Crippen LogP contribution is 2.11. The minimum atomic E-state index is -2.76. The van der Waals surface area contributed by atoms with E-state index in [1.165, 1.54) is 6.26 Å². The molecule has 2 heterocycles. The number of sulfone groups is 1. The predicted octanol–water partition coefficient (Wildman–Crippen LogP) is 1.17. The fraction of sp³-hybridized carbons (Fsp3) is 0.700. The van der Waals surface area contributed by atoms with Gasteiger partial charge in [-0.25, -0.2) is 8.42 Å². The van der Waals surface area contributed by atoms with Crippen LogP contribution in [0.1, 0.15) is 12.8 Å². The molecule has 2 rings (SSSR count). The van der Waals surface area contributed by atoms with Crippen molar-refractivity contribution in [3.05, 3.63) is 17.1 Å². The fourth-order valence-electron chi connectivity index (χ4n) is 1.67. The summed E-state index contributed by atoms with van der Waals surface area (Å²) in [5.74, 6) is 0.693. The van der Waals surface area contributed by atoms with Gasteiger partial charge < -0.3 is 5.32 Å². The maximum Gasteiger partial charge on any atom is 0.147 e. The van der Waals surface area contributed by atoms with Gasteiger partial charge in [0, 0.05) is 17.8 Å². The van der Waals surface area contributed by atoms with Crippen molar-refractivity contribution in [1.82, 2.24) is 10.3 Å². The molecule has 1 aromatic rings. The molecule has 1 unspecified atom stereocenters. The lowest BCUT2D eigenvalue weighted by Gasteiger charge is -2.21. The van der Waals surface area contributed by atoms with Crippen molar-refractivity contribution in [1.29, 1.82) is 0 Å². The number of thiazole rings is 1. The molecule has 0 saturated carbocycles. The Balaban J connectivity index is 0.000000212. The zero-order valence-electron chi connectivity index (χ0n) is 9.43. The summed E-state index contributed by atoms with van der Waals surface area (Å²) in [6.45, 7) is 1.91. The largest absolute Gasteiger partial charge is 0.316 e. The quantitative estimate of drug-likeness (QED) is 0.869. The zero-order chi connectivity index (χ0) is 11.9. The van der Waals surface area contributed by atoms with Gasteiger partial charge in [-0.2, -0.15) is 0 Å². The van der Waals surface area contributed by atoms with E-state index in [4.69, 9.17) is 0 Å². The van der Waals surface area contributed by atoms with Crippen molar-refractivity contribution in [3.8, 4) is 0 Å².